The van der Waals surface area contributed by atoms with Crippen molar-refractivity contribution in [1.29, 1.82) is 0 Å². The summed E-state index contributed by atoms with van der Waals surface area (Å²) in [7, 11) is 4.37. The van der Waals surface area contributed by atoms with Crippen LogP contribution in [-0.4, -0.2) is 69.2 Å². The number of hydrogen-bond acceptors (Lipinski definition) is 6. The molecule has 166 valence electrons. The van der Waals surface area contributed by atoms with Gasteiger partial charge in [-0.05, 0) is 49.2 Å². The highest BCUT2D eigenvalue weighted by Gasteiger charge is 2.38. The van der Waals surface area contributed by atoms with Crippen LogP contribution in [-0.2, 0) is 6.42 Å². The number of phenols is 1. The molecule has 0 saturated carbocycles. The summed E-state index contributed by atoms with van der Waals surface area (Å²) >= 11 is 0. The van der Waals surface area contributed by atoms with Crippen LogP contribution in [0, 0.1) is 5.41 Å². The van der Waals surface area contributed by atoms with Crippen molar-refractivity contribution >= 4 is 11.7 Å². The van der Waals surface area contributed by atoms with Crippen LogP contribution in [0.3, 0.4) is 0 Å². The van der Waals surface area contributed by atoms with Crippen molar-refractivity contribution in [1.82, 2.24) is 25.0 Å². The second-order valence-electron chi connectivity index (χ2n) is 9.77. The fourth-order valence-corrected chi connectivity index (χ4v) is 5.29. The summed E-state index contributed by atoms with van der Waals surface area (Å²) < 4.78 is 0. The third-order valence-electron chi connectivity index (χ3n) is 6.91. The third kappa shape index (κ3) is 3.66. The Balaban J connectivity index is 1.37. The van der Waals surface area contributed by atoms with Gasteiger partial charge in [-0.2, -0.15) is 5.10 Å². The Bertz CT molecular complexity index is 1170. The fraction of sp³-hybridized carbons (Fsp3) is 0.400. The fourth-order valence-electron chi connectivity index (χ4n) is 5.29. The van der Waals surface area contributed by atoms with Crippen molar-refractivity contribution in [2.75, 3.05) is 27.2 Å². The largest absolute Gasteiger partial charge is 0.507 e. The average Bonchev–Trinajstić information content (AvgIpc) is 3.42. The van der Waals surface area contributed by atoms with Crippen molar-refractivity contribution in [2.24, 2.45) is 10.4 Å². The molecule has 1 unspecified atom stereocenters. The normalized spacial score (nSPS) is 20.1. The number of likely N-dealkylation sites (N-methyl/N-ethyl adjacent to an activating group) is 1. The van der Waals surface area contributed by atoms with Crippen LogP contribution in [0.25, 0.3) is 22.3 Å². The summed E-state index contributed by atoms with van der Waals surface area (Å²) in [6.45, 7) is 6.88. The maximum Gasteiger partial charge on any atom is 0.157 e. The molecule has 0 aliphatic carbocycles. The number of aliphatic imine (C=N–C) groups is 1. The minimum Gasteiger partial charge on any atom is -0.507 e. The van der Waals surface area contributed by atoms with Crippen molar-refractivity contribution in [3.05, 3.63) is 48.4 Å². The molecule has 32 heavy (non-hydrogen) atoms. The molecule has 0 amide bonds. The van der Waals surface area contributed by atoms with Gasteiger partial charge < -0.3 is 14.9 Å². The number of nitrogens with one attached hydrogen (secondary N) is 1. The van der Waals surface area contributed by atoms with Crippen LogP contribution in [0.5, 0.6) is 5.75 Å². The number of aromatic hydroxyl groups is 1. The van der Waals surface area contributed by atoms with Crippen molar-refractivity contribution < 1.29 is 5.11 Å². The van der Waals surface area contributed by atoms with Gasteiger partial charge in [0.15, 0.2) is 5.82 Å². The van der Waals surface area contributed by atoms with Crippen LogP contribution in [0.4, 0.5) is 5.82 Å². The zero-order chi connectivity index (χ0) is 22.5. The molecule has 2 N–H and O–H groups in total. The van der Waals surface area contributed by atoms with Gasteiger partial charge in [-0.15, -0.1) is 0 Å². The molecule has 0 spiro atoms. The van der Waals surface area contributed by atoms with E-state index in [2.05, 4.69) is 59.0 Å². The van der Waals surface area contributed by atoms with E-state index in [-0.39, 0.29) is 11.2 Å². The maximum atomic E-state index is 10.7. The van der Waals surface area contributed by atoms with Crippen molar-refractivity contribution in [3.8, 4) is 28.0 Å². The van der Waals surface area contributed by atoms with E-state index in [1.165, 1.54) is 0 Å². The van der Waals surface area contributed by atoms with Crippen LogP contribution < -0.4 is 0 Å². The van der Waals surface area contributed by atoms with Gasteiger partial charge in [-0.1, -0.05) is 19.9 Å². The second-order valence-corrected chi connectivity index (χ2v) is 9.77. The summed E-state index contributed by atoms with van der Waals surface area (Å²) in [5, 5.41) is 17.5. The summed E-state index contributed by atoms with van der Waals surface area (Å²) in [6.07, 6.45) is 7.25. The monoisotopic (exact) mass is 430 g/mol. The van der Waals surface area contributed by atoms with E-state index >= 15 is 0 Å². The van der Waals surface area contributed by atoms with Gasteiger partial charge in [0.25, 0.3) is 0 Å². The standard InChI is InChI=1S/C25H30N6O/c1-25(2)15-30(3)8-7-22(25)31(4)23-11-17-9-18(12-26-24(17)29-23)20-6-5-16(10-21(20)32)19-13-27-28-14-19/h5-6,9-10,12-14,22,32H,7-8,11,15H2,1-4H3,(H,27,28). The number of aromatic amines is 1. The Kier molecular flexibility index (Phi) is 5.01. The number of aromatic nitrogens is 3. The average molecular weight is 431 g/mol. The number of rotatable bonds is 3. The molecular formula is C25H30N6O. The first-order valence-corrected chi connectivity index (χ1v) is 11.1. The molecule has 7 heteroatoms. The van der Waals surface area contributed by atoms with Crippen LogP contribution in [0.15, 0.2) is 47.8 Å². The lowest BCUT2D eigenvalue weighted by atomic mass is 9.78. The minimum absolute atomic E-state index is 0.195. The number of pyridine rings is 1. The van der Waals surface area contributed by atoms with Gasteiger partial charge >= 0.3 is 0 Å². The molecule has 1 fully saturated rings. The van der Waals surface area contributed by atoms with Gasteiger partial charge in [-0.3, -0.25) is 5.10 Å². The molecule has 2 aromatic heterocycles. The molecule has 1 saturated heterocycles. The lowest BCUT2D eigenvalue weighted by Gasteiger charge is -2.47. The third-order valence-corrected chi connectivity index (χ3v) is 6.91. The number of fused-ring (bicyclic) bond motifs is 1. The minimum atomic E-state index is 0.195. The number of nitrogens with zero attached hydrogens (tertiary/aromatic N) is 5. The lowest BCUT2D eigenvalue weighted by molar-refractivity contribution is 0.0591. The first-order valence-electron chi connectivity index (χ1n) is 11.1. The quantitative estimate of drug-likeness (QED) is 0.654. The highest BCUT2D eigenvalue weighted by atomic mass is 16.3. The van der Waals surface area contributed by atoms with E-state index in [1.807, 2.05) is 18.3 Å². The maximum absolute atomic E-state index is 10.7. The van der Waals surface area contributed by atoms with Crippen LogP contribution in [0.1, 0.15) is 25.8 Å². The molecule has 2 aliphatic heterocycles. The van der Waals surface area contributed by atoms with Gasteiger partial charge in [0, 0.05) is 60.7 Å². The molecule has 0 radical (unpaired) electrons. The Morgan fingerprint density at radius 2 is 2.00 bits per heavy atom. The lowest BCUT2D eigenvalue weighted by Crippen LogP contribution is -2.55. The Morgan fingerprint density at radius 3 is 2.72 bits per heavy atom. The number of H-pyrrole nitrogens is 1. The highest BCUT2D eigenvalue weighted by Crippen LogP contribution is 2.38. The van der Waals surface area contributed by atoms with Gasteiger partial charge in [0.05, 0.1) is 6.20 Å². The van der Waals surface area contributed by atoms with E-state index in [0.717, 1.165) is 65.4 Å². The first-order chi connectivity index (χ1) is 15.3. The predicted octanol–water partition coefficient (Wildman–Crippen LogP) is 4.09. The van der Waals surface area contributed by atoms with E-state index < -0.39 is 0 Å². The van der Waals surface area contributed by atoms with Gasteiger partial charge in [0.2, 0.25) is 0 Å². The van der Waals surface area contributed by atoms with Gasteiger partial charge in [0.1, 0.15) is 11.6 Å². The molecule has 2 aliphatic rings. The van der Waals surface area contributed by atoms with E-state index in [4.69, 9.17) is 4.99 Å². The van der Waals surface area contributed by atoms with Crippen LogP contribution >= 0.6 is 0 Å². The molecule has 0 bridgehead atoms. The van der Waals surface area contributed by atoms with E-state index in [0.29, 0.717) is 6.04 Å². The summed E-state index contributed by atoms with van der Waals surface area (Å²) in [5.74, 6) is 2.09. The van der Waals surface area contributed by atoms with E-state index in [1.54, 1.807) is 18.5 Å². The first kappa shape index (κ1) is 20.7. The van der Waals surface area contributed by atoms with Crippen molar-refractivity contribution in [3.63, 3.8) is 0 Å². The van der Waals surface area contributed by atoms with Crippen LogP contribution in [0.2, 0.25) is 0 Å². The van der Waals surface area contributed by atoms with E-state index in [9.17, 15) is 5.11 Å². The zero-order valence-corrected chi connectivity index (χ0v) is 19.1. The molecule has 4 heterocycles. The summed E-state index contributed by atoms with van der Waals surface area (Å²) in [5.41, 5.74) is 4.83. The topological polar surface area (TPSA) is 80.6 Å². The highest BCUT2D eigenvalue weighted by molar-refractivity contribution is 5.92. The summed E-state index contributed by atoms with van der Waals surface area (Å²) in [4.78, 5) is 14.3. The number of hydrogen-bond donors (Lipinski definition) is 2. The Morgan fingerprint density at radius 1 is 1.16 bits per heavy atom. The number of benzene rings is 1. The smallest absolute Gasteiger partial charge is 0.157 e. The SMILES string of the molecule is CN1CCC(N(C)C2=Nc3ncc(-c4ccc(-c5cn[nH]c5)cc4O)cc3C2)C(C)(C)C1. The molecular weight excluding hydrogens is 400 g/mol. The molecule has 1 aromatic carbocycles. The number of likely N-dealkylation sites (tertiary alicyclic amines) is 1. The predicted molar refractivity (Wildman–Crippen MR) is 127 cm³/mol. The number of phenolic OH excluding ortho intramolecular Hbond substituents is 1. The molecule has 3 aromatic rings. The number of piperidine rings is 1. The summed E-state index contributed by atoms with van der Waals surface area (Å²) in [6, 6.07) is 8.26. The Labute approximate surface area is 188 Å². The zero-order valence-electron chi connectivity index (χ0n) is 19.1. The number of amidine groups is 1. The second kappa shape index (κ2) is 7.74. The van der Waals surface area contributed by atoms with Gasteiger partial charge in [-0.25, -0.2) is 9.98 Å². The molecule has 7 nitrogen and oxygen atoms in total. The van der Waals surface area contributed by atoms with Crippen molar-refractivity contribution in [2.45, 2.75) is 32.7 Å². The molecule has 5 rings (SSSR count). The Hall–Kier alpha value is -3.19. The molecule has 1 atom stereocenters.